The van der Waals surface area contributed by atoms with E-state index in [0.29, 0.717) is 5.82 Å². The van der Waals surface area contributed by atoms with Crippen LogP contribution in [-0.4, -0.2) is 9.97 Å². The Labute approximate surface area is 99.4 Å². The van der Waals surface area contributed by atoms with Gasteiger partial charge in [0.15, 0.2) is 0 Å². The van der Waals surface area contributed by atoms with Crippen LogP contribution in [0.5, 0.6) is 0 Å². The van der Waals surface area contributed by atoms with Crippen molar-refractivity contribution in [3.05, 3.63) is 28.9 Å². The second-order valence-corrected chi connectivity index (χ2v) is 5.03. The number of anilines is 1. The number of nitrogen functional groups attached to an aromatic ring is 1. The highest BCUT2D eigenvalue weighted by molar-refractivity contribution is 7.15. The van der Waals surface area contributed by atoms with E-state index in [-0.39, 0.29) is 0 Å². The fourth-order valence-electron chi connectivity index (χ4n) is 1.70. The molecule has 0 saturated heterocycles. The minimum atomic E-state index is 0.609. The van der Waals surface area contributed by atoms with Crippen molar-refractivity contribution in [3.63, 3.8) is 0 Å². The summed E-state index contributed by atoms with van der Waals surface area (Å²) in [7, 11) is 0. The summed E-state index contributed by atoms with van der Waals surface area (Å²) in [6.45, 7) is 4.23. The molecule has 0 spiro atoms. The fourth-order valence-corrected chi connectivity index (χ4v) is 2.59. The molecule has 3 nitrogen and oxygen atoms in total. The Hall–Kier alpha value is -1.42. The highest BCUT2D eigenvalue weighted by atomic mass is 32.1. The van der Waals surface area contributed by atoms with E-state index in [2.05, 4.69) is 35.9 Å². The van der Waals surface area contributed by atoms with Crippen molar-refractivity contribution < 1.29 is 0 Å². The van der Waals surface area contributed by atoms with Crippen molar-refractivity contribution in [2.24, 2.45) is 0 Å². The Morgan fingerprint density at radius 1 is 1.31 bits per heavy atom. The first kappa shape index (κ1) is 11.1. The summed E-state index contributed by atoms with van der Waals surface area (Å²) >= 11 is 1.74. The Morgan fingerprint density at radius 2 is 2.12 bits per heavy atom. The summed E-state index contributed by atoms with van der Waals surface area (Å²) in [4.78, 5) is 10.9. The molecule has 0 radical (unpaired) electrons. The fraction of sp³-hybridized carbons (Fsp3) is 0.333. The van der Waals surface area contributed by atoms with E-state index in [1.165, 1.54) is 9.75 Å². The topological polar surface area (TPSA) is 51.8 Å². The Kier molecular flexibility index (Phi) is 3.19. The first-order chi connectivity index (χ1) is 7.72. The van der Waals surface area contributed by atoms with Crippen molar-refractivity contribution in [2.45, 2.75) is 26.7 Å². The first-order valence-corrected chi connectivity index (χ1v) is 6.20. The second kappa shape index (κ2) is 4.61. The SMILES string of the molecule is CCCc1c(N)ncnc1-c1ccc(C)s1. The zero-order valence-corrected chi connectivity index (χ0v) is 10.3. The number of aryl methyl sites for hydroxylation is 1. The summed E-state index contributed by atoms with van der Waals surface area (Å²) in [6.07, 6.45) is 3.52. The van der Waals surface area contributed by atoms with E-state index in [9.17, 15) is 0 Å². The van der Waals surface area contributed by atoms with E-state index >= 15 is 0 Å². The number of nitrogens with zero attached hydrogens (tertiary/aromatic N) is 2. The molecule has 0 bridgehead atoms. The highest BCUT2D eigenvalue weighted by Crippen LogP contribution is 2.30. The zero-order chi connectivity index (χ0) is 11.5. The molecule has 0 aliphatic carbocycles. The number of hydrogen-bond acceptors (Lipinski definition) is 4. The highest BCUT2D eigenvalue weighted by Gasteiger charge is 2.11. The van der Waals surface area contributed by atoms with Gasteiger partial charge in [-0.25, -0.2) is 9.97 Å². The molecule has 0 atom stereocenters. The molecule has 16 heavy (non-hydrogen) atoms. The summed E-state index contributed by atoms with van der Waals surface area (Å²) in [5, 5.41) is 0. The average molecular weight is 233 g/mol. The van der Waals surface area contributed by atoms with Crippen LogP contribution in [-0.2, 0) is 6.42 Å². The van der Waals surface area contributed by atoms with Crippen LogP contribution in [0.2, 0.25) is 0 Å². The smallest absolute Gasteiger partial charge is 0.130 e. The molecule has 2 rings (SSSR count). The molecule has 0 amide bonds. The van der Waals surface area contributed by atoms with Gasteiger partial charge in [0.2, 0.25) is 0 Å². The lowest BCUT2D eigenvalue weighted by Gasteiger charge is -2.07. The largest absolute Gasteiger partial charge is 0.383 e. The van der Waals surface area contributed by atoms with Crippen LogP contribution in [0.1, 0.15) is 23.8 Å². The van der Waals surface area contributed by atoms with Crippen molar-refractivity contribution in [1.29, 1.82) is 0 Å². The predicted molar refractivity (Wildman–Crippen MR) is 68.5 cm³/mol. The standard InChI is InChI=1S/C12H15N3S/c1-3-4-9-11(14-7-15-12(9)13)10-6-5-8(2)16-10/h5-7H,3-4H2,1-2H3,(H2,13,14,15). The molecule has 2 aromatic rings. The quantitative estimate of drug-likeness (QED) is 0.886. The minimum Gasteiger partial charge on any atom is -0.383 e. The molecule has 0 aliphatic heterocycles. The molecule has 2 aromatic heterocycles. The lowest BCUT2D eigenvalue weighted by atomic mass is 10.1. The van der Waals surface area contributed by atoms with E-state index in [4.69, 9.17) is 5.73 Å². The lowest BCUT2D eigenvalue weighted by Crippen LogP contribution is -2.01. The average Bonchev–Trinajstić information content (AvgIpc) is 2.68. The molecule has 4 heteroatoms. The van der Waals surface area contributed by atoms with Crippen LogP contribution in [0.3, 0.4) is 0 Å². The van der Waals surface area contributed by atoms with Crippen LogP contribution in [0, 0.1) is 6.92 Å². The summed E-state index contributed by atoms with van der Waals surface area (Å²) in [6, 6.07) is 4.20. The zero-order valence-electron chi connectivity index (χ0n) is 9.53. The summed E-state index contributed by atoms with van der Waals surface area (Å²) in [5.41, 5.74) is 7.97. The Balaban J connectivity index is 2.51. The van der Waals surface area contributed by atoms with Crippen LogP contribution in [0.15, 0.2) is 18.5 Å². The van der Waals surface area contributed by atoms with Gasteiger partial charge in [-0.2, -0.15) is 0 Å². The van der Waals surface area contributed by atoms with Gasteiger partial charge in [-0.15, -0.1) is 11.3 Å². The van der Waals surface area contributed by atoms with E-state index in [0.717, 1.165) is 24.1 Å². The summed E-state index contributed by atoms with van der Waals surface area (Å²) < 4.78 is 0. The van der Waals surface area contributed by atoms with Gasteiger partial charge < -0.3 is 5.73 Å². The van der Waals surface area contributed by atoms with Gasteiger partial charge >= 0.3 is 0 Å². The molecule has 84 valence electrons. The maximum absolute atomic E-state index is 5.91. The lowest BCUT2D eigenvalue weighted by molar-refractivity contribution is 0.909. The van der Waals surface area contributed by atoms with Crippen molar-refractivity contribution in [1.82, 2.24) is 9.97 Å². The third-order valence-electron chi connectivity index (χ3n) is 2.45. The molecule has 2 N–H and O–H groups in total. The number of nitrogens with two attached hydrogens (primary N) is 1. The van der Waals surface area contributed by atoms with E-state index in [1.54, 1.807) is 17.7 Å². The maximum Gasteiger partial charge on any atom is 0.130 e. The molecule has 0 fully saturated rings. The third kappa shape index (κ3) is 2.07. The van der Waals surface area contributed by atoms with Crippen molar-refractivity contribution in [3.8, 4) is 10.6 Å². The van der Waals surface area contributed by atoms with Crippen LogP contribution >= 0.6 is 11.3 Å². The summed E-state index contributed by atoms with van der Waals surface area (Å²) in [5.74, 6) is 0.609. The van der Waals surface area contributed by atoms with E-state index < -0.39 is 0 Å². The van der Waals surface area contributed by atoms with Crippen LogP contribution < -0.4 is 5.73 Å². The third-order valence-corrected chi connectivity index (χ3v) is 3.46. The van der Waals surface area contributed by atoms with Gasteiger partial charge in [-0.1, -0.05) is 13.3 Å². The normalized spacial score (nSPS) is 10.6. The molecule has 0 aliphatic rings. The molecule has 0 saturated carbocycles. The monoisotopic (exact) mass is 233 g/mol. The van der Waals surface area contributed by atoms with Gasteiger partial charge in [0, 0.05) is 10.4 Å². The van der Waals surface area contributed by atoms with Crippen LogP contribution in [0.25, 0.3) is 10.6 Å². The first-order valence-electron chi connectivity index (χ1n) is 5.38. The maximum atomic E-state index is 5.91. The molecule has 0 unspecified atom stereocenters. The number of hydrogen-bond donors (Lipinski definition) is 1. The molecule has 0 aromatic carbocycles. The van der Waals surface area contributed by atoms with Crippen LogP contribution in [0.4, 0.5) is 5.82 Å². The van der Waals surface area contributed by atoms with Gasteiger partial charge in [-0.3, -0.25) is 0 Å². The van der Waals surface area contributed by atoms with E-state index in [1.807, 2.05) is 0 Å². The number of rotatable bonds is 3. The van der Waals surface area contributed by atoms with Gasteiger partial charge in [-0.05, 0) is 25.5 Å². The predicted octanol–water partition coefficient (Wildman–Crippen LogP) is 3.05. The number of aromatic nitrogens is 2. The Bertz CT molecular complexity index is 491. The molecule has 2 heterocycles. The van der Waals surface area contributed by atoms with Gasteiger partial charge in [0.05, 0.1) is 10.6 Å². The molecular formula is C12H15N3S. The van der Waals surface area contributed by atoms with Crippen molar-refractivity contribution >= 4 is 17.2 Å². The van der Waals surface area contributed by atoms with Gasteiger partial charge in [0.1, 0.15) is 12.1 Å². The Morgan fingerprint density at radius 3 is 2.75 bits per heavy atom. The van der Waals surface area contributed by atoms with Gasteiger partial charge in [0.25, 0.3) is 0 Å². The minimum absolute atomic E-state index is 0.609. The second-order valence-electron chi connectivity index (χ2n) is 3.75. The van der Waals surface area contributed by atoms with Crippen molar-refractivity contribution in [2.75, 3.05) is 5.73 Å². The number of thiophene rings is 1. The molecular weight excluding hydrogens is 218 g/mol.